The van der Waals surface area contributed by atoms with Crippen LogP contribution in [0.1, 0.15) is 18.4 Å². The number of carbonyl (C=O) groups is 1. The fourth-order valence-electron chi connectivity index (χ4n) is 2.35. The zero-order valence-electron chi connectivity index (χ0n) is 9.13. The Balaban J connectivity index is 2.34. The Morgan fingerprint density at radius 2 is 1.94 bits per heavy atom. The minimum Gasteiger partial charge on any atom is -0.465 e. The molecule has 0 radical (unpaired) electrons. The molecule has 0 atom stereocenters. The first kappa shape index (κ1) is 11.0. The highest BCUT2D eigenvalue weighted by Crippen LogP contribution is 2.45. The maximum absolute atomic E-state index is 11.1. The Hall–Kier alpha value is -1.55. The molecule has 1 aromatic carbocycles. The third-order valence-corrected chi connectivity index (χ3v) is 3.39. The first-order valence-corrected chi connectivity index (χ1v) is 5.26. The van der Waals surface area contributed by atoms with E-state index < -0.39 is 17.7 Å². The van der Waals surface area contributed by atoms with Gasteiger partial charge in [0.1, 0.15) is 0 Å². The van der Waals surface area contributed by atoms with Gasteiger partial charge in [-0.3, -0.25) is 0 Å². The summed E-state index contributed by atoms with van der Waals surface area (Å²) in [6.45, 7) is 0. The van der Waals surface area contributed by atoms with E-state index in [1.807, 2.05) is 30.3 Å². The van der Waals surface area contributed by atoms with Gasteiger partial charge in [-0.05, 0) is 5.56 Å². The monoisotopic (exact) mass is 221 g/mol. The van der Waals surface area contributed by atoms with Crippen LogP contribution in [0.15, 0.2) is 30.3 Å². The molecule has 0 aromatic heterocycles. The van der Waals surface area contributed by atoms with E-state index >= 15 is 0 Å². The standard InChI is InChI=1S/C12H15NO3/c1-13(11(15)16)12(7-10(14)8-12)9-5-3-2-4-6-9/h2-6,10,14H,7-8H2,1H3,(H,15,16). The lowest BCUT2D eigenvalue weighted by atomic mass is 9.69. The second-order valence-electron chi connectivity index (χ2n) is 4.30. The van der Waals surface area contributed by atoms with Crippen molar-refractivity contribution in [2.75, 3.05) is 7.05 Å². The normalized spacial score (nSPS) is 28.2. The van der Waals surface area contributed by atoms with Gasteiger partial charge in [-0.2, -0.15) is 0 Å². The van der Waals surface area contributed by atoms with Crippen molar-refractivity contribution in [3.63, 3.8) is 0 Å². The minimum atomic E-state index is -0.962. The third-order valence-electron chi connectivity index (χ3n) is 3.39. The molecule has 1 aromatic rings. The highest BCUT2D eigenvalue weighted by Gasteiger charge is 2.49. The molecule has 0 unspecified atom stereocenters. The lowest BCUT2D eigenvalue weighted by Crippen LogP contribution is -2.57. The summed E-state index contributed by atoms with van der Waals surface area (Å²) >= 11 is 0. The lowest BCUT2D eigenvalue weighted by molar-refractivity contribution is -0.0573. The van der Waals surface area contributed by atoms with E-state index in [-0.39, 0.29) is 0 Å². The molecule has 0 saturated heterocycles. The van der Waals surface area contributed by atoms with Crippen LogP contribution in [0.5, 0.6) is 0 Å². The number of rotatable bonds is 2. The molecule has 4 nitrogen and oxygen atoms in total. The zero-order chi connectivity index (χ0) is 11.8. The molecule has 2 rings (SSSR count). The van der Waals surface area contributed by atoms with Gasteiger partial charge in [0.05, 0.1) is 11.6 Å². The van der Waals surface area contributed by atoms with Crippen LogP contribution in [0.25, 0.3) is 0 Å². The van der Waals surface area contributed by atoms with Crippen LogP contribution in [0.2, 0.25) is 0 Å². The Morgan fingerprint density at radius 3 is 2.38 bits per heavy atom. The van der Waals surface area contributed by atoms with Crippen LogP contribution in [-0.2, 0) is 5.54 Å². The number of aliphatic hydroxyl groups is 1. The number of hydrogen-bond acceptors (Lipinski definition) is 2. The molecule has 1 aliphatic rings. The van der Waals surface area contributed by atoms with E-state index in [2.05, 4.69) is 0 Å². The predicted octanol–water partition coefficient (Wildman–Crippen LogP) is 1.65. The van der Waals surface area contributed by atoms with Gasteiger partial charge >= 0.3 is 6.09 Å². The largest absolute Gasteiger partial charge is 0.465 e. The highest BCUT2D eigenvalue weighted by molar-refractivity contribution is 5.66. The van der Waals surface area contributed by atoms with Crippen molar-refractivity contribution in [2.45, 2.75) is 24.5 Å². The van der Waals surface area contributed by atoms with Gasteiger partial charge in [0.2, 0.25) is 0 Å². The van der Waals surface area contributed by atoms with Gasteiger partial charge in [0.15, 0.2) is 0 Å². The summed E-state index contributed by atoms with van der Waals surface area (Å²) < 4.78 is 0. The summed E-state index contributed by atoms with van der Waals surface area (Å²) in [4.78, 5) is 12.4. The molecule has 4 heteroatoms. The predicted molar refractivity (Wildman–Crippen MR) is 59.1 cm³/mol. The molecule has 86 valence electrons. The number of aliphatic hydroxyl groups excluding tert-OH is 1. The third kappa shape index (κ3) is 1.55. The van der Waals surface area contributed by atoms with Crippen LogP contribution < -0.4 is 0 Å². The molecular weight excluding hydrogens is 206 g/mol. The summed E-state index contributed by atoms with van der Waals surface area (Å²) in [5, 5.41) is 18.5. The van der Waals surface area contributed by atoms with E-state index in [4.69, 9.17) is 5.11 Å². The SMILES string of the molecule is CN(C(=O)O)C1(c2ccccc2)CC(O)C1. The number of nitrogens with zero attached hydrogens (tertiary/aromatic N) is 1. The molecule has 2 N–H and O–H groups in total. The molecule has 16 heavy (non-hydrogen) atoms. The van der Waals surface area contributed by atoms with Crippen molar-refractivity contribution in [3.05, 3.63) is 35.9 Å². The van der Waals surface area contributed by atoms with Gasteiger partial charge in [-0.25, -0.2) is 4.79 Å². The Morgan fingerprint density at radius 1 is 1.38 bits per heavy atom. The first-order valence-electron chi connectivity index (χ1n) is 5.26. The fraction of sp³-hybridized carbons (Fsp3) is 0.417. The molecular formula is C12H15NO3. The minimum absolute atomic E-state index is 0.401. The van der Waals surface area contributed by atoms with Crippen molar-refractivity contribution >= 4 is 6.09 Å². The number of hydrogen-bond donors (Lipinski definition) is 2. The Labute approximate surface area is 94.1 Å². The van der Waals surface area contributed by atoms with Gasteiger partial charge in [-0.15, -0.1) is 0 Å². The average Bonchev–Trinajstić information content (AvgIpc) is 2.24. The quantitative estimate of drug-likeness (QED) is 0.798. The van der Waals surface area contributed by atoms with Crippen LogP contribution in [-0.4, -0.2) is 34.4 Å². The van der Waals surface area contributed by atoms with Gasteiger partial charge in [0.25, 0.3) is 0 Å². The number of amides is 1. The topological polar surface area (TPSA) is 60.8 Å². The lowest BCUT2D eigenvalue weighted by Gasteiger charge is -2.50. The maximum Gasteiger partial charge on any atom is 0.407 e. The number of benzene rings is 1. The van der Waals surface area contributed by atoms with Crippen molar-refractivity contribution in [3.8, 4) is 0 Å². The summed E-state index contributed by atoms with van der Waals surface area (Å²) in [7, 11) is 1.56. The zero-order valence-corrected chi connectivity index (χ0v) is 9.13. The Kier molecular flexibility index (Phi) is 2.59. The Bertz CT molecular complexity index is 385. The van der Waals surface area contributed by atoms with Crippen molar-refractivity contribution in [1.29, 1.82) is 0 Å². The number of carboxylic acid groups (broad SMARTS) is 1. The molecule has 0 heterocycles. The van der Waals surface area contributed by atoms with Crippen molar-refractivity contribution < 1.29 is 15.0 Å². The van der Waals surface area contributed by atoms with Crippen LogP contribution in [0.3, 0.4) is 0 Å². The molecule has 1 fully saturated rings. The van der Waals surface area contributed by atoms with Gasteiger partial charge in [0, 0.05) is 19.9 Å². The average molecular weight is 221 g/mol. The molecule has 1 aliphatic carbocycles. The molecule has 1 saturated carbocycles. The first-order chi connectivity index (χ1) is 7.56. The van der Waals surface area contributed by atoms with E-state index in [1.165, 1.54) is 4.90 Å². The van der Waals surface area contributed by atoms with E-state index in [0.29, 0.717) is 12.8 Å². The van der Waals surface area contributed by atoms with Crippen LogP contribution in [0, 0.1) is 0 Å². The highest BCUT2D eigenvalue weighted by atomic mass is 16.4. The smallest absolute Gasteiger partial charge is 0.407 e. The van der Waals surface area contributed by atoms with Crippen molar-refractivity contribution in [1.82, 2.24) is 4.90 Å². The van der Waals surface area contributed by atoms with Crippen LogP contribution >= 0.6 is 0 Å². The summed E-state index contributed by atoms with van der Waals surface area (Å²) in [5.41, 5.74) is 0.400. The van der Waals surface area contributed by atoms with E-state index in [9.17, 15) is 9.90 Å². The van der Waals surface area contributed by atoms with E-state index in [0.717, 1.165) is 5.56 Å². The van der Waals surface area contributed by atoms with Gasteiger partial charge < -0.3 is 15.1 Å². The summed E-state index contributed by atoms with van der Waals surface area (Å²) in [5.74, 6) is 0. The second kappa shape index (κ2) is 3.79. The molecule has 1 amide bonds. The molecule has 0 aliphatic heterocycles. The second-order valence-corrected chi connectivity index (χ2v) is 4.30. The maximum atomic E-state index is 11.1. The van der Waals surface area contributed by atoms with Crippen LogP contribution in [0.4, 0.5) is 4.79 Å². The summed E-state index contributed by atoms with van der Waals surface area (Å²) in [6, 6.07) is 9.48. The fourth-order valence-corrected chi connectivity index (χ4v) is 2.35. The summed E-state index contributed by atoms with van der Waals surface area (Å²) in [6.07, 6.45) is -0.419. The van der Waals surface area contributed by atoms with Gasteiger partial charge in [-0.1, -0.05) is 30.3 Å². The molecule has 0 spiro atoms. The van der Waals surface area contributed by atoms with E-state index in [1.54, 1.807) is 7.05 Å². The van der Waals surface area contributed by atoms with Crippen molar-refractivity contribution in [2.24, 2.45) is 0 Å². The molecule has 0 bridgehead atoms.